The monoisotopic (exact) mass is 358 g/mol. The molecule has 3 aromatic rings. The van der Waals surface area contributed by atoms with Crippen molar-refractivity contribution in [1.82, 2.24) is 5.01 Å². The lowest BCUT2D eigenvalue weighted by atomic mass is 9.95. The van der Waals surface area contributed by atoms with Crippen LogP contribution in [0.3, 0.4) is 0 Å². The van der Waals surface area contributed by atoms with Crippen LogP contribution in [0.25, 0.3) is 0 Å². The molecule has 0 spiro atoms. The molecular formula is C22H18N2O3. The fourth-order valence-electron chi connectivity index (χ4n) is 3.77. The third kappa shape index (κ3) is 2.59. The first-order chi connectivity index (χ1) is 13.2. The number of hydrogen-bond acceptors (Lipinski definition) is 5. The minimum atomic E-state index is -0.395. The van der Waals surface area contributed by atoms with E-state index < -0.39 is 6.23 Å². The maximum absolute atomic E-state index is 10.3. The lowest BCUT2D eigenvalue weighted by molar-refractivity contribution is -0.0190. The molecule has 2 unspecified atom stereocenters. The third-order valence-electron chi connectivity index (χ3n) is 5.09. The zero-order chi connectivity index (χ0) is 18.4. The van der Waals surface area contributed by atoms with Gasteiger partial charge in [0.15, 0.2) is 0 Å². The van der Waals surface area contributed by atoms with E-state index in [1.165, 1.54) is 0 Å². The SMILES string of the molecule is Oc1ccc(C2Oc3ccccc3C3CC(c4ccccc4O)=NN32)cc1. The number of nitrogens with zero attached hydrogens (tertiary/aromatic N) is 2. The minimum absolute atomic E-state index is 0.0309. The molecule has 5 heteroatoms. The van der Waals surface area contributed by atoms with Gasteiger partial charge in [0.1, 0.15) is 17.2 Å². The average molecular weight is 358 g/mol. The molecule has 0 saturated carbocycles. The van der Waals surface area contributed by atoms with Crippen LogP contribution in [0.2, 0.25) is 0 Å². The molecule has 0 fully saturated rings. The number of hydrazone groups is 1. The number of benzene rings is 3. The Labute approximate surface area is 156 Å². The smallest absolute Gasteiger partial charge is 0.213 e. The molecule has 27 heavy (non-hydrogen) atoms. The molecule has 5 nitrogen and oxygen atoms in total. The van der Waals surface area contributed by atoms with E-state index in [0.717, 1.165) is 28.2 Å². The Bertz CT molecular complexity index is 1030. The topological polar surface area (TPSA) is 65.3 Å². The van der Waals surface area contributed by atoms with E-state index in [0.29, 0.717) is 6.42 Å². The molecule has 0 bridgehead atoms. The minimum Gasteiger partial charge on any atom is -0.508 e. The first kappa shape index (κ1) is 15.8. The van der Waals surface area contributed by atoms with Crippen molar-refractivity contribution in [2.24, 2.45) is 5.10 Å². The van der Waals surface area contributed by atoms with Gasteiger partial charge in [-0.15, -0.1) is 0 Å². The number of phenolic OH excluding ortho intramolecular Hbond substituents is 2. The lowest BCUT2D eigenvalue weighted by Crippen LogP contribution is -2.33. The molecule has 2 aliphatic heterocycles. The lowest BCUT2D eigenvalue weighted by Gasteiger charge is -2.38. The number of hydrogen-bond donors (Lipinski definition) is 2. The maximum Gasteiger partial charge on any atom is 0.213 e. The van der Waals surface area contributed by atoms with Crippen LogP contribution in [0, 0.1) is 0 Å². The molecule has 5 rings (SSSR count). The van der Waals surface area contributed by atoms with Crippen molar-refractivity contribution in [1.29, 1.82) is 0 Å². The van der Waals surface area contributed by atoms with Gasteiger partial charge < -0.3 is 14.9 Å². The van der Waals surface area contributed by atoms with Crippen LogP contribution in [0.1, 0.15) is 35.4 Å². The number of para-hydroxylation sites is 2. The molecule has 2 heterocycles. The van der Waals surface area contributed by atoms with Gasteiger partial charge in [0.25, 0.3) is 0 Å². The summed E-state index contributed by atoms with van der Waals surface area (Å²) < 4.78 is 6.26. The number of aromatic hydroxyl groups is 2. The Morgan fingerprint density at radius 1 is 0.889 bits per heavy atom. The van der Waals surface area contributed by atoms with Crippen LogP contribution in [0.4, 0.5) is 0 Å². The van der Waals surface area contributed by atoms with E-state index >= 15 is 0 Å². The Balaban J connectivity index is 1.61. The van der Waals surface area contributed by atoms with Crippen molar-refractivity contribution in [2.45, 2.75) is 18.7 Å². The second-order valence-electron chi connectivity index (χ2n) is 6.76. The highest BCUT2D eigenvalue weighted by atomic mass is 16.5. The second-order valence-corrected chi connectivity index (χ2v) is 6.76. The van der Waals surface area contributed by atoms with Crippen molar-refractivity contribution in [3.05, 3.63) is 89.5 Å². The van der Waals surface area contributed by atoms with E-state index in [9.17, 15) is 10.2 Å². The summed E-state index contributed by atoms with van der Waals surface area (Å²) in [6, 6.07) is 22.3. The van der Waals surface area contributed by atoms with Gasteiger partial charge in [-0.2, -0.15) is 5.10 Å². The maximum atomic E-state index is 10.3. The molecular weight excluding hydrogens is 340 g/mol. The summed E-state index contributed by atoms with van der Waals surface area (Å²) in [5, 5.41) is 26.6. The molecule has 0 aromatic heterocycles. The molecule has 0 amide bonds. The molecule has 0 saturated heterocycles. The zero-order valence-electron chi connectivity index (χ0n) is 14.5. The van der Waals surface area contributed by atoms with Crippen LogP contribution >= 0.6 is 0 Å². The van der Waals surface area contributed by atoms with Crippen molar-refractivity contribution in [3.63, 3.8) is 0 Å². The fraction of sp³-hybridized carbons (Fsp3) is 0.136. The molecule has 0 radical (unpaired) electrons. The quantitative estimate of drug-likeness (QED) is 0.715. The normalized spacial score (nSPS) is 20.4. The third-order valence-corrected chi connectivity index (χ3v) is 5.09. The molecule has 0 aliphatic carbocycles. The van der Waals surface area contributed by atoms with Gasteiger partial charge in [-0.1, -0.05) is 30.3 Å². The predicted octanol–water partition coefficient (Wildman–Crippen LogP) is 4.34. The van der Waals surface area contributed by atoms with Crippen LogP contribution in [0.5, 0.6) is 17.2 Å². The summed E-state index contributed by atoms with van der Waals surface area (Å²) in [7, 11) is 0. The van der Waals surface area contributed by atoms with Crippen LogP contribution < -0.4 is 4.74 Å². The highest BCUT2D eigenvalue weighted by Gasteiger charge is 2.41. The van der Waals surface area contributed by atoms with Gasteiger partial charge in [0.05, 0.1) is 11.8 Å². The van der Waals surface area contributed by atoms with Crippen LogP contribution in [-0.2, 0) is 0 Å². The Hall–Kier alpha value is -3.47. The standard InChI is InChI=1S/C22H18N2O3/c25-15-11-9-14(10-12-15)22-24-19(17-6-2-4-8-21(17)27-22)13-18(23-24)16-5-1-3-7-20(16)26/h1-12,19,22,25-26H,13H2. The van der Waals surface area contributed by atoms with E-state index in [2.05, 4.69) is 6.07 Å². The summed E-state index contributed by atoms with van der Waals surface area (Å²) in [6.45, 7) is 0. The van der Waals surface area contributed by atoms with Crippen molar-refractivity contribution < 1.29 is 14.9 Å². The number of rotatable bonds is 2. The largest absolute Gasteiger partial charge is 0.508 e. The molecule has 3 aromatic carbocycles. The van der Waals surface area contributed by atoms with E-state index in [1.807, 2.05) is 47.5 Å². The van der Waals surface area contributed by atoms with Gasteiger partial charge in [-0.05, 0) is 42.5 Å². The first-order valence-corrected chi connectivity index (χ1v) is 8.89. The highest BCUT2D eigenvalue weighted by molar-refractivity contribution is 6.04. The van der Waals surface area contributed by atoms with Gasteiger partial charge in [0, 0.05) is 23.1 Å². The summed E-state index contributed by atoms with van der Waals surface area (Å²) in [5.74, 6) is 1.28. The van der Waals surface area contributed by atoms with E-state index in [4.69, 9.17) is 9.84 Å². The summed E-state index contributed by atoms with van der Waals surface area (Å²) in [6.07, 6.45) is 0.292. The van der Waals surface area contributed by atoms with E-state index in [-0.39, 0.29) is 17.5 Å². The van der Waals surface area contributed by atoms with Crippen LogP contribution in [-0.4, -0.2) is 20.9 Å². The Morgan fingerprint density at radius 3 is 2.44 bits per heavy atom. The summed E-state index contributed by atoms with van der Waals surface area (Å²) >= 11 is 0. The molecule has 2 aliphatic rings. The Morgan fingerprint density at radius 2 is 1.63 bits per heavy atom. The second kappa shape index (κ2) is 6.06. The molecule has 2 N–H and O–H groups in total. The van der Waals surface area contributed by atoms with Gasteiger partial charge in [-0.3, -0.25) is 0 Å². The van der Waals surface area contributed by atoms with E-state index in [1.54, 1.807) is 24.3 Å². The van der Waals surface area contributed by atoms with Gasteiger partial charge >= 0.3 is 0 Å². The van der Waals surface area contributed by atoms with Gasteiger partial charge in [0.2, 0.25) is 6.23 Å². The molecule has 134 valence electrons. The van der Waals surface area contributed by atoms with Gasteiger partial charge in [-0.25, -0.2) is 5.01 Å². The number of phenols is 2. The summed E-state index contributed by atoms with van der Waals surface area (Å²) in [5.41, 5.74) is 3.58. The van der Waals surface area contributed by atoms with Crippen molar-refractivity contribution >= 4 is 5.71 Å². The van der Waals surface area contributed by atoms with Crippen LogP contribution in [0.15, 0.2) is 77.9 Å². The number of fused-ring (bicyclic) bond motifs is 3. The highest BCUT2D eigenvalue weighted by Crippen LogP contribution is 2.47. The summed E-state index contributed by atoms with van der Waals surface area (Å²) in [4.78, 5) is 0. The number of ether oxygens (including phenoxy) is 1. The average Bonchev–Trinajstić information content (AvgIpc) is 3.14. The van der Waals surface area contributed by atoms with Crippen molar-refractivity contribution in [3.8, 4) is 17.2 Å². The fourth-order valence-corrected chi connectivity index (χ4v) is 3.77. The Kier molecular flexibility index (Phi) is 3.53. The molecule has 2 atom stereocenters. The zero-order valence-corrected chi connectivity index (χ0v) is 14.5. The first-order valence-electron chi connectivity index (χ1n) is 8.89. The predicted molar refractivity (Wildman–Crippen MR) is 102 cm³/mol. The van der Waals surface area contributed by atoms with Crippen molar-refractivity contribution in [2.75, 3.05) is 0 Å².